The van der Waals surface area contributed by atoms with E-state index < -0.39 is 9.84 Å². The van der Waals surface area contributed by atoms with Crippen LogP contribution in [-0.2, 0) is 9.84 Å². The molecule has 7 heteroatoms. The van der Waals surface area contributed by atoms with E-state index in [0.29, 0.717) is 17.3 Å². The second-order valence-corrected chi connectivity index (χ2v) is 5.95. The number of rotatable bonds is 4. The van der Waals surface area contributed by atoms with Crippen LogP contribution in [-0.4, -0.2) is 36.2 Å². The Balaban J connectivity index is 2.63. The molecular weight excluding hydrogens is 266 g/mol. The summed E-state index contributed by atoms with van der Waals surface area (Å²) in [5.41, 5.74) is 0.726. The first-order valence-corrected chi connectivity index (χ1v) is 7.28. The summed E-state index contributed by atoms with van der Waals surface area (Å²) in [6.45, 7) is 1.59. The maximum absolute atomic E-state index is 12.0. The van der Waals surface area contributed by atoms with E-state index in [-0.39, 0.29) is 10.6 Å². The SMILES string of the molecule is CCS(=O)(=O)c1cccnc1-c1cc(OC)ncn1. The van der Waals surface area contributed by atoms with Gasteiger partial charge in [0.25, 0.3) is 0 Å². The van der Waals surface area contributed by atoms with Crippen LogP contribution in [0.5, 0.6) is 5.88 Å². The van der Waals surface area contributed by atoms with Gasteiger partial charge in [-0.05, 0) is 12.1 Å². The molecule has 0 aliphatic carbocycles. The normalized spacial score (nSPS) is 11.3. The van der Waals surface area contributed by atoms with Crippen LogP contribution < -0.4 is 4.74 Å². The molecule has 2 heterocycles. The van der Waals surface area contributed by atoms with E-state index in [0.717, 1.165) is 0 Å². The molecule has 0 bridgehead atoms. The van der Waals surface area contributed by atoms with Gasteiger partial charge in [-0.1, -0.05) is 6.92 Å². The van der Waals surface area contributed by atoms with Gasteiger partial charge in [-0.25, -0.2) is 18.4 Å². The molecule has 0 N–H and O–H groups in total. The molecule has 0 spiro atoms. The third kappa shape index (κ3) is 2.70. The minimum atomic E-state index is -3.36. The zero-order chi connectivity index (χ0) is 13.9. The van der Waals surface area contributed by atoms with Gasteiger partial charge in [0.1, 0.15) is 12.0 Å². The summed E-state index contributed by atoms with van der Waals surface area (Å²) in [5.74, 6) is 0.365. The van der Waals surface area contributed by atoms with E-state index in [1.165, 1.54) is 25.7 Å². The average Bonchev–Trinajstić information content (AvgIpc) is 2.47. The van der Waals surface area contributed by atoms with E-state index in [4.69, 9.17) is 4.74 Å². The quantitative estimate of drug-likeness (QED) is 0.840. The molecule has 0 amide bonds. The minimum Gasteiger partial charge on any atom is -0.481 e. The van der Waals surface area contributed by atoms with Crippen molar-refractivity contribution in [3.63, 3.8) is 0 Å². The Bertz CT molecular complexity index is 686. The molecule has 2 rings (SSSR count). The summed E-state index contributed by atoms with van der Waals surface area (Å²) in [4.78, 5) is 12.2. The van der Waals surface area contributed by atoms with E-state index in [9.17, 15) is 8.42 Å². The van der Waals surface area contributed by atoms with Gasteiger partial charge < -0.3 is 4.74 Å². The van der Waals surface area contributed by atoms with Crippen LogP contribution in [0.15, 0.2) is 35.6 Å². The zero-order valence-corrected chi connectivity index (χ0v) is 11.4. The largest absolute Gasteiger partial charge is 0.481 e. The molecule has 100 valence electrons. The van der Waals surface area contributed by atoms with E-state index in [1.54, 1.807) is 19.1 Å². The van der Waals surface area contributed by atoms with Crippen LogP contribution in [0.25, 0.3) is 11.4 Å². The van der Waals surface area contributed by atoms with Crippen molar-refractivity contribution >= 4 is 9.84 Å². The summed E-state index contributed by atoms with van der Waals surface area (Å²) in [5, 5.41) is 0. The number of ether oxygens (including phenoxy) is 1. The molecule has 2 aromatic heterocycles. The molecule has 2 aromatic rings. The molecule has 0 saturated carbocycles. The van der Waals surface area contributed by atoms with E-state index in [2.05, 4.69) is 15.0 Å². The van der Waals surface area contributed by atoms with Gasteiger partial charge in [0.15, 0.2) is 9.84 Å². The van der Waals surface area contributed by atoms with Gasteiger partial charge in [0, 0.05) is 12.3 Å². The smallest absolute Gasteiger partial charge is 0.216 e. The Morgan fingerprint density at radius 1 is 1.26 bits per heavy atom. The van der Waals surface area contributed by atoms with Crippen molar-refractivity contribution in [2.75, 3.05) is 12.9 Å². The van der Waals surface area contributed by atoms with Gasteiger partial charge in [-0.2, -0.15) is 0 Å². The summed E-state index contributed by atoms with van der Waals surface area (Å²) in [6, 6.07) is 4.66. The van der Waals surface area contributed by atoms with E-state index in [1.807, 2.05) is 0 Å². The Labute approximate surface area is 111 Å². The van der Waals surface area contributed by atoms with Crippen molar-refractivity contribution in [1.82, 2.24) is 15.0 Å². The van der Waals surface area contributed by atoms with Crippen molar-refractivity contribution in [3.8, 4) is 17.3 Å². The second kappa shape index (κ2) is 5.31. The highest BCUT2D eigenvalue weighted by Gasteiger charge is 2.19. The molecule has 19 heavy (non-hydrogen) atoms. The maximum Gasteiger partial charge on any atom is 0.216 e. The fraction of sp³-hybridized carbons (Fsp3) is 0.250. The molecule has 0 aromatic carbocycles. The summed E-state index contributed by atoms with van der Waals surface area (Å²) < 4.78 is 29.1. The number of aromatic nitrogens is 3. The molecule has 0 aliphatic rings. The Kier molecular flexibility index (Phi) is 3.75. The van der Waals surface area contributed by atoms with Crippen molar-refractivity contribution in [2.45, 2.75) is 11.8 Å². The lowest BCUT2D eigenvalue weighted by molar-refractivity contribution is 0.397. The molecule has 6 nitrogen and oxygen atoms in total. The van der Waals surface area contributed by atoms with Crippen LogP contribution in [0, 0.1) is 0 Å². The highest BCUT2D eigenvalue weighted by molar-refractivity contribution is 7.91. The summed E-state index contributed by atoms with van der Waals surface area (Å²) in [6.07, 6.45) is 2.84. The Morgan fingerprint density at radius 2 is 2.05 bits per heavy atom. The number of hydrogen-bond donors (Lipinski definition) is 0. The highest BCUT2D eigenvalue weighted by Crippen LogP contribution is 2.25. The van der Waals surface area contributed by atoms with Crippen LogP contribution >= 0.6 is 0 Å². The van der Waals surface area contributed by atoms with Crippen LogP contribution in [0.1, 0.15) is 6.92 Å². The Hall–Kier alpha value is -2.02. The topological polar surface area (TPSA) is 82.0 Å². The number of pyridine rings is 1. The summed E-state index contributed by atoms with van der Waals surface area (Å²) >= 11 is 0. The molecule has 0 unspecified atom stereocenters. The molecule has 0 aliphatic heterocycles. The second-order valence-electron chi connectivity index (χ2n) is 3.70. The zero-order valence-electron chi connectivity index (χ0n) is 10.6. The lowest BCUT2D eigenvalue weighted by Gasteiger charge is -2.08. The monoisotopic (exact) mass is 279 g/mol. The fourth-order valence-electron chi connectivity index (χ4n) is 1.57. The van der Waals surface area contributed by atoms with Crippen LogP contribution in [0.2, 0.25) is 0 Å². The van der Waals surface area contributed by atoms with Crippen LogP contribution in [0.4, 0.5) is 0 Å². The number of methoxy groups -OCH3 is 1. The Morgan fingerprint density at radius 3 is 2.74 bits per heavy atom. The average molecular weight is 279 g/mol. The van der Waals surface area contributed by atoms with Gasteiger partial charge in [0.05, 0.1) is 23.5 Å². The first-order chi connectivity index (χ1) is 9.08. The first kappa shape index (κ1) is 13.4. The van der Waals surface area contributed by atoms with E-state index >= 15 is 0 Å². The van der Waals surface area contributed by atoms with Crippen molar-refractivity contribution in [3.05, 3.63) is 30.7 Å². The lowest BCUT2D eigenvalue weighted by Crippen LogP contribution is -2.07. The minimum absolute atomic E-state index is 0.00785. The number of hydrogen-bond acceptors (Lipinski definition) is 6. The lowest BCUT2D eigenvalue weighted by atomic mass is 10.2. The van der Waals surface area contributed by atoms with Crippen molar-refractivity contribution in [1.29, 1.82) is 0 Å². The number of nitrogens with zero attached hydrogens (tertiary/aromatic N) is 3. The van der Waals surface area contributed by atoms with Gasteiger partial charge in [-0.15, -0.1) is 0 Å². The molecule has 0 fully saturated rings. The number of sulfone groups is 1. The maximum atomic E-state index is 12.0. The van der Waals surface area contributed by atoms with Gasteiger partial charge in [0.2, 0.25) is 5.88 Å². The fourth-order valence-corrected chi connectivity index (χ4v) is 2.62. The first-order valence-electron chi connectivity index (χ1n) is 5.62. The molecule has 0 atom stereocenters. The third-order valence-electron chi connectivity index (χ3n) is 2.58. The van der Waals surface area contributed by atoms with Crippen molar-refractivity contribution < 1.29 is 13.2 Å². The van der Waals surface area contributed by atoms with Gasteiger partial charge in [-0.3, -0.25) is 4.98 Å². The highest BCUT2D eigenvalue weighted by atomic mass is 32.2. The molecule has 0 saturated heterocycles. The molecular formula is C12H13N3O3S. The third-order valence-corrected chi connectivity index (χ3v) is 4.34. The standard InChI is InChI=1S/C12H13N3O3S/c1-3-19(16,17)10-5-4-6-13-12(10)9-7-11(18-2)15-8-14-9/h4-8H,3H2,1-2H3. The predicted molar refractivity (Wildman–Crippen MR) is 69.5 cm³/mol. The van der Waals surface area contributed by atoms with Gasteiger partial charge >= 0.3 is 0 Å². The van der Waals surface area contributed by atoms with Crippen molar-refractivity contribution in [2.24, 2.45) is 0 Å². The molecule has 0 radical (unpaired) electrons. The summed E-state index contributed by atoms with van der Waals surface area (Å²) in [7, 11) is -1.88. The van der Waals surface area contributed by atoms with Crippen LogP contribution in [0.3, 0.4) is 0 Å². The predicted octanol–water partition coefficient (Wildman–Crippen LogP) is 1.34.